The molecule has 2 N–H and O–H groups in total. The lowest BCUT2D eigenvalue weighted by molar-refractivity contribution is 0.815. The molecule has 0 saturated heterocycles. The molecule has 0 unspecified atom stereocenters. The summed E-state index contributed by atoms with van der Waals surface area (Å²) in [6.07, 6.45) is 0. The SMILES string of the molecule is CNCc1ccc(N=NCSc2ccc(CNC)cc2C)c(C)c1. The second-order valence-electron chi connectivity index (χ2n) is 5.80. The van der Waals surface area contributed by atoms with Crippen molar-refractivity contribution in [1.82, 2.24) is 10.6 Å². The highest BCUT2D eigenvalue weighted by atomic mass is 32.2. The fraction of sp³-hybridized carbons (Fsp3) is 0.368. The van der Waals surface area contributed by atoms with E-state index in [1.54, 1.807) is 11.8 Å². The van der Waals surface area contributed by atoms with Crippen molar-refractivity contribution in [1.29, 1.82) is 0 Å². The van der Waals surface area contributed by atoms with Gasteiger partial charge in [-0.3, -0.25) is 0 Å². The molecule has 0 aliphatic rings. The van der Waals surface area contributed by atoms with Crippen LogP contribution in [0.5, 0.6) is 0 Å². The Morgan fingerprint density at radius 2 is 1.50 bits per heavy atom. The van der Waals surface area contributed by atoms with Crippen LogP contribution in [0.3, 0.4) is 0 Å². The molecule has 0 spiro atoms. The van der Waals surface area contributed by atoms with Gasteiger partial charge in [-0.05, 0) is 62.3 Å². The van der Waals surface area contributed by atoms with E-state index in [1.165, 1.54) is 21.6 Å². The quantitative estimate of drug-likeness (QED) is 0.545. The summed E-state index contributed by atoms with van der Waals surface area (Å²) in [5.74, 6) is 0.629. The third-order valence-electron chi connectivity index (χ3n) is 3.72. The van der Waals surface area contributed by atoms with E-state index < -0.39 is 0 Å². The average molecular weight is 343 g/mol. The maximum absolute atomic E-state index is 4.37. The zero-order valence-corrected chi connectivity index (χ0v) is 15.7. The van der Waals surface area contributed by atoms with Gasteiger partial charge in [0, 0.05) is 18.0 Å². The monoisotopic (exact) mass is 342 g/mol. The van der Waals surface area contributed by atoms with Crippen molar-refractivity contribution >= 4 is 17.4 Å². The number of benzene rings is 2. The van der Waals surface area contributed by atoms with E-state index >= 15 is 0 Å². The minimum Gasteiger partial charge on any atom is -0.316 e. The van der Waals surface area contributed by atoms with Crippen molar-refractivity contribution in [2.45, 2.75) is 31.8 Å². The molecular weight excluding hydrogens is 316 g/mol. The number of azo groups is 1. The molecule has 0 bridgehead atoms. The summed E-state index contributed by atoms with van der Waals surface area (Å²) in [6, 6.07) is 12.8. The number of aryl methyl sites for hydroxylation is 2. The van der Waals surface area contributed by atoms with Crippen molar-refractivity contribution in [2.75, 3.05) is 20.0 Å². The Balaban J connectivity index is 1.93. The number of thioether (sulfide) groups is 1. The van der Waals surface area contributed by atoms with Gasteiger partial charge >= 0.3 is 0 Å². The summed E-state index contributed by atoms with van der Waals surface area (Å²) in [7, 11) is 3.92. The van der Waals surface area contributed by atoms with Crippen LogP contribution in [0.4, 0.5) is 5.69 Å². The van der Waals surface area contributed by atoms with Crippen LogP contribution in [0.2, 0.25) is 0 Å². The van der Waals surface area contributed by atoms with Gasteiger partial charge in [0.1, 0.15) is 5.88 Å². The molecule has 2 aromatic carbocycles. The molecule has 2 aromatic rings. The highest BCUT2D eigenvalue weighted by molar-refractivity contribution is 7.99. The van der Waals surface area contributed by atoms with Crippen molar-refractivity contribution in [2.24, 2.45) is 10.2 Å². The van der Waals surface area contributed by atoms with E-state index in [2.05, 4.69) is 65.0 Å². The highest BCUT2D eigenvalue weighted by Gasteiger charge is 2.01. The van der Waals surface area contributed by atoms with E-state index in [4.69, 9.17) is 0 Å². The van der Waals surface area contributed by atoms with E-state index in [0.29, 0.717) is 5.88 Å². The molecule has 0 aromatic heterocycles. The van der Waals surface area contributed by atoms with Crippen LogP contribution < -0.4 is 10.6 Å². The Bertz CT molecular complexity index is 698. The Morgan fingerprint density at radius 3 is 2.08 bits per heavy atom. The van der Waals surface area contributed by atoms with Gasteiger partial charge in [-0.2, -0.15) is 10.2 Å². The Morgan fingerprint density at radius 1 is 0.875 bits per heavy atom. The lowest BCUT2D eigenvalue weighted by atomic mass is 10.1. The van der Waals surface area contributed by atoms with Gasteiger partial charge in [0.2, 0.25) is 0 Å². The van der Waals surface area contributed by atoms with Crippen LogP contribution in [-0.2, 0) is 13.1 Å². The summed E-state index contributed by atoms with van der Waals surface area (Å²) in [5.41, 5.74) is 5.95. The van der Waals surface area contributed by atoms with Gasteiger partial charge in [-0.1, -0.05) is 24.3 Å². The van der Waals surface area contributed by atoms with E-state index in [-0.39, 0.29) is 0 Å². The largest absolute Gasteiger partial charge is 0.316 e. The zero-order valence-electron chi connectivity index (χ0n) is 14.9. The summed E-state index contributed by atoms with van der Waals surface area (Å²) < 4.78 is 0. The first kappa shape index (κ1) is 18.6. The number of nitrogens with one attached hydrogen (secondary N) is 2. The third kappa shape index (κ3) is 5.44. The average Bonchev–Trinajstić information content (AvgIpc) is 2.55. The Kier molecular flexibility index (Phi) is 7.43. The normalized spacial score (nSPS) is 11.3. The van der Waals surface area contributed by atoms with Gasteiger partial charge in [-0.15, -0.1) is 11.8 Å². The molecule has 0 saturated carbocycles. The zero-order chi connectivity index (χ0) is 17.4. The molecule has 128 valence electrons. The van der Waals surface area contributed by atoms with Gasteiger partial charge in [0.25, 0.3) is 0 Å². The molecule has 2 rings (SSSR count). The van der Waals surface area contributed by atoms with E-state index in [9.17, 15) is 0 Å². The second-order valence-corrected chi connectivity index (χ2v) is 6.78. The van der Waals surface area contributed by atoms with Crippen LogP contribution in [0.25, 0.3) is 0 Å². The van der Waals surface area contributed by atoms with E-state index in [1.807, 2.05) is 20.2 Å². The predicted molar refractivity (Wildman–Crippen MR) is 103 cm³/mol. The fourth-order valence-electron chi connectivity index (χ4n) is 2.53. The number of rotatable bonds is 8. The fourth-order valence-corrected chi connectivity index (χ4v) is 3.24. The molecule has 5 heteroatoms. The third-order valence-corrected chi connectivity index (χ3v) is 4.73. The molecule has 24 heavy (non-hydrogen) atoms. The standard InChI is InChI=1S/C19H26N4S/c1-14-9-16(11-20-3)5-7-18(14)23-22-13-24-19-8-6-17(12-21-4)10-15(19)2/h5-10,20-21H,11-13H2,1-4H3. The van der Waals surface area contributed by atoms with Crippen molar-refractivity contribution in [3.63, 3.8) is 0 Å². The van der Waals surface area contributed by atoms with Crippen LogP contribution in [0.1, 0.15) is 22.3 Å². The first-order valence-electron chi connectivity index (χ1n) is 8.12. The minimum absolute atomic E-state index is 0.629. The first-order valence-corrected chi connectivity index (χ1v) is 9.11. The highest BCUT2D eigenvalue weighted by Crippen LogP contribution is 2.25. The van der Waals surface area contributed by atoms with Gasteiger partial charge < -0.3 is 10.6 Å². The van der Waals surface area contributed by atoms with Crippen molar-refractivity contribution < 1.29 is 0 Å². The molecule has 4 nitrogen and oxygen atoms in total. The maximum atomic E-state index is 4.37. The smallest absolute Gasteiger partial charge is 0.110 e. The summed E-state index contributed by atoms with van der Waals surface area (Å²) in [6.45, 7) is 5.99. The Labute approximate surface area is 149 Å². The molecule has 0 heterocycles. The molecule has 0 fully saturated rings. The number of hydrogen-bond donors (Lipinski definition) is 2. The van der Waals surface area contributed by atoms with Gasteiger partial charge in [-0.25, -0.2) is 0 Å². The van der Waals surface area contributed by atoms with Gasteiger partial charge in [0.05, 0.1) is 5.69 Å². The van der Waals surface area contributed by atoms with Crippen LogP contribution in [-0.4, -0.2) is 20.0 Å². The lowest BCUT2D eigenvalue weighted by Gasteiger charge is -2.07. The lowest BCUT2D eigenvalue weighted by Crippen LogP contribution is -2.05. The molecule has 0 aliphatic heterocycles. The summed E-state index contributed by atoms with van der Waals surface area (Å²) >= 11 is 1.72. The maximum Gasteiger partial charge on any atom is 0.110 e. The topological polar surface area (TPSA) is 48.8 Å². The number of nitrogens with zero attached hydrogens (tertiary/aromatic N) is 2. The van der Waals surface area contributed by atoms with E-state index in [0.717, 1.165) is 24.3 Å². The van der Waals surface area contributed by atoms with Gasteiger partial charge in [0.15, 0.2) is 0 Å². The van der Waals surface area contributed by atoms with Crippen LogP contribution in [0.15, 0.2) is 51.5 Å². The molecule has 0 aliphatic carbocycles. The predicted octanol–water partition coefficient (Wildman–Crippen LogP) is 4.58. The molecule has 0 radical (unpaired) electrons. The first-order chi connectivity index (χ1) is 11.6. The van der Waals surface area contributed by atoms with Crippen molar-refractivity contribution in [3.8, 4) is 0 Å². The molecule has 0 atom stereocenters. The molecular formula is C19H26N4S. The van der Waals surface area contributed by atoms with Crippen molar-refractivity contribution in [3.05, 3.63) is 58.7 Å². The second kappa shape index (κ2) is 9.57. The van der Waals surface area contributed by atoms with Crippen LogP contribution >= 0.6 is 11.8 Å². The minimum atomic E-state index is 0.629. The summed E-state index contributed by atoms with van der Waals surface area (Å²) in [4.78, 5) is 1.26. The molecule has 0 amide bonds. The summed E-state index contributed by atoms with van der Waals surface area (Å²) in [5, 5.41) is 15.0. The Hall–Kier alpha value is -1.69. The van der Waals surface area contributed by atoms with Crippen LogP contribution in [0, 0.1) is 13.8 Å². The number of hydrogen-bond acceptors (Lipinski definition) is 5.